The van der Waals surface area contributed by atoms with Crippen molar-refractivity contribution in [2.75, 3.05) is 0 Å². The highest BCUT2D eigenvalue weighted by atomic mass is 16.4. The summed E-state index contributed by atoms with van der Waals surface area (Å²) in [5, 5.41) is 8.59. The van der Waals surface area contributed by atoms with Gasteiger partial charge in [-0.1, -0.05) is 118 Å². The van der Waals surface area contributed by atoms with Crippen molar-refractivity contribution < 1.29 is 9.90 Å². The Morgan fingerprint density at radius 3 is 1.25 bits per heavy atom. The Bertz CT molecular complexity index is 576. The van der Waals surface area contributed by atoms with Gasteiger partial charge in [0.15, 0.2) is 0 Å². The first-order chi connectivity index (χ1) is 15.8. The fourth-order valence-electron chi connectivity index (χ4n) is 3.24. The van der Waals surface area contributed by atoms with Crippen LogP contribution in [0, 0.1) is 0 Å². The molecule has 2 heteroatoms. The molecule has 0 spiro atoms. The number of aliphatic carboxylic acids is 1. The van der Waals surface area contributed by atoms with Gasteiger partial charge in [-0.3, -0.25) is 4.79 Å². The van der Waals surface area contributed by atoms with E-state index in [2.05, 4.69) is 79.8 Å². The van der Waals surface area contributed by atoms with Gasteiger partial charge in [-0.05, 0) is 57.8 Å². The van der Waals surface area contributed by atoms with Crippen molar-refractivity contribution in [3.8, 4) is 0 Å². The normalized spacial score (nSPS) is 12.8. The third-order valence-corrected chi connectivity index (χ3v) is 5.11. The standard InChI is InChI=1S/C30H48O2/c1-2-3-4-5-6-7-8-9-10-11-12-13-14-15-16-17-18-19-20-21-22-23-24-25-26-27-28-29-30(31)32/h3-4,6-7,9-10,12-13,15-16,18-19H,2,5,8,11,14,17,20-29H2,1H3,(H,31,32). The summed E-state index contributed by atoms with van der Waals surface area (Å²) in [5.41, 5.74) is 0. The highest BCUT2D eigenvalue weighted by Gasteiger charge is 1.96. The maximum absolute atomic E-state index is 10.4. The number of hydrogen-bond donors (Lipinski definition) is 1. The Labute approximate surface area is 198 Å². The van der Waals surface area contributed by atoms with Crippen LogP contribution >= 0.6 is 0 Å². The summed E-state index contributed by atoms with van der Waals surface area (Å²) in [6, 6.07) is 0. The van der Waals surface area contributed by atoms with E-state index in [4.69, 9.17) is 5.11 Å². The lowest BCUT2D eigenvalue weighted by Gasteiger charge is -2.00. The Morgan fingerprint density at radius 1 is 0.500 bits per heavy atom. The molecule has 0 aromatic heterocycles. The monoisotopic (exact) mass is 440 g/mol. The minimum Gasteiger partial charge on any atom is -0.481 e. The molecule has 0 bridgehead atoms. The Balaban J connectivity index is 3.39. The number of carboxylic acids is 1. The minimum absolute atomic E-state index is 0.325. The molecule has 32 heavy (non-hydrogen) atoms. The molecule has 0 aromatic carbocycles. The molecule has 1 N–H and O–H groups in total. The molecule has 0 aliphatic rings. The van der Waals surface area contributed by atoms with Crippen molar-refractivity contribution in [3.05, 3.63) is 72.9 Å². The molecule has 0 heterocycles. The van der Waals surface area contributed by atoms with Crippen LogP contribution in [-0.2, 0) is 4.79 Å². The van der Waals surface area contributed by atoms with E-state index in [0.717, 1.165) is 51.4 Å². The Kier molecular flexibility index (Phi) is 25.2. The molecule has 0 radical (unpaired) electrons. The van der Waals surface area contributed by atoms with E-state index in [9.17, 15) is 4.79 Å². The van der Waals surface area contributed by atoms with Crippen molar-refractivity contribution >= 4 is 5.97 Å². The van der Waals surface area contributed by atoms with Crippen molar-refractivity contribution in [3.63, 3.8) is 0 Å². The first-order valence-electron chi connectivity index (χ1n) is 12.9. The highest BCUT2D eigenvalue weighted by Crippen LogP contribution is 2.11. The predicted octanol–water partition coefficient (Wildman–Crippen LogP) is 9.67. The number of allylic oxidation sites excluding steroid dienone is 12. The summed E-state index contributed by atoms with van der Waals surface area (Å²) in [5.74, 6) is -0.667. The molecule has 0 atom stereocenters. The van der Waals surface area contributed by atoms with Gasteiger partial charge in [-0.15, -0.1) is 0 Å². The Hall–Kier alpha value is -2.09. The van der Waals surface area contributed by atoms with Crippen LogP contribution in [0.3, 0.4) is 0 Å². The van der Waals surface area contributed by atoms with Gasteiger partial charge in [0.05, 0.1) is 0 Å². The average Bonchev–Trinajstić information content (AvgIpc) is 2.78. The second-order valence-corrected chi connectivity index (χ2v) is 8.18. The summed E-state index contributed by atoms with van der Waals surface area (Å²) in [7, 11) is 0. The van der Waals surface area contributed by atoms with Gasteiger partial charge in [0, 0.05) is 6.42 Å². The lowest BCUT2D eigenvalue weighted by molar-refractivity contribution is -0.137. The molecular weight excluding hydrogens is 392 g/mol. The molecule has 0 rings (SSSR count). The van der Waals surface area contributed by atoms with Gasteiger partial charge < -0.3 is 5.11 Å². The smallest absolute Gasteiger partial charge is 0.303 e. The zero-order chi connectivity index (χ0) is 23.4. The van der Waals surface area contributed by atoms with Gasteiger partial charge in [-0.2, -0.15) is 0 Å². The van der Waals surface area contributed by atoms with E-state index < -0.39 is 5.97 Å². The third-order valence-electron chi connectivity index (χ3n) is 5.11. The van der Waals surface area contributed by atoms with Crippen LogP contribution in [0.25, 0.3) is 0 Å². The Morgan fingerprint density at radius 2 is 0.844 bits per heavy atom. The fraction of sp³-hybridized carbons (Fsp3) is 0.567. The molecule has 180 valence electrons. The number of carboxylic acid groups (broad SMARTS) is 1. The van der Waals surface area contributed by atoms with E-state index in [-0.39, 0.29) is 0 Å². The van der Waals surface area contributed by atoms with Gasteiger partial charge in [-0.25, -0.2) is 0 Å². The zero-order valence-electron chi connectivity index (χ0n) is 20.6. The minimum atomic E-state index is -0.667. The molecule has 0 amide bonds. The quantitative estimate of drug-likeness (QED) is 0.134. The van der Waals surface area contributed by atoms with E-state index in [1.165, 1.54) is 44.9 Å². The number of hydrogen-bond acceptors (Lipinski definition) is 1. The van der Waals surface area contributed by atoms with Crippen LogP contribution in [-0.4, -0.2) is 11.1 Å². The van der Waals surface area contributed by atoms with E-state index in [1.54, 1.807) is 0 Å². The van der Waals surface area contributed by atoms with Gasteiger partial charge in [0.2, 0.25) is 0 Å². The molecule has 0 unspecified atom stereocenters. The average molecular weight is 441 g/mol. The zero-order valence-corrected chi connectivity index (χ0v) is 20.6. The summed E-state index contributed by atoms with van der Waals surface area (Å²) in [6.45, 7) is 2.16. The number of carbonyl (C=O) groups is 1. The van der Waals surface area contributed by atoms with Crippen LogP contribution in [0.5, 0.6) is 0 Å². The lowest BCUT2D eigenvalue weighted by atomic mass is 10.1. The fourth-order valence-corrected chi connectivity index (χ4v) is 3.24. The molecule has 0 aromatic rings. The molecule has 0 saturated heterocycles. The van der Waals surface area contributed by atoms with Crippen LogP contribution in [0.2, 0.25) is 0 Å². The maximum Gasteiger partial charge on any atom is 0.303 e. The summed E-state index contributed by atoms with van der Waals surface area (Å²) >= 11 is 0. The van der Waals surface area contributed by atoms with E-state index in [1.807, 2.05) is 0 Å². The highest BCUT2D eigenvalue weighted by molar-refractivity contribution is 5.66. The summed E-state index contributed by atoms with van der Waals surface area (Å²) in [4.78, 5) is 10.4. The van der Waals surface area contributed by atoms with Crippen LogP contribution in [0.1, 0.15) is 110 Å². The largest absolute Gasteiger partial charge is 0.481 e. The number of unbranched alkanes of at least 4 members (excludes halogenated alkanes) is 8. The molecule has 0 aliphatic carbocycles. The number of rotatable bonds is 22. The van der Waals surface area contributed by atoms with Crippen molar-refractivity contribution in [1.82, 2.24) is 0 Å². The van der Waals surface area contributed by atoms with E-state index in [0.29, 0.717) is 6.42 Å². The SMILES string of the molecule is CCC=CCC=CCC=CCC=CCC=CCC=CCCCCCCCCCCC(=O)O. The van der Waals surface area contributed by atoms with E-state index >= 15 is 0 Å². The van der Waals surface area contributed by atoms with Crippen molar-refractivity contribution in [1.29, 1.82) is 0 Å². The first-order valence-corrected chi connectivity index (χ1v) is 12.9. The predicted molar refractivity (Wildman–Crippen MR) is 142 cm³/mol. The summed E-state index contributed by atoms with van der Waals surface area (Å²) in [6.07, 6.45) is 44.2. The van der Waals surface area contributed by atoms with Gasteiger partial charge in [0.25, 0.3) is 0 Å². The molecule has 0 fully saturated rings. The van der Waals surface area contributed by atoms with Gasteiger partial charge >= 0.3 is 5.97 Å². The van der Waals surface area contributed by atoms with Crippen LogP contribution in [0.4, 0.5) is 0 Å². The molecular formula is C30H48O2. The lowest BCUT2D eigenvalue weighted by Crippen LogP contribution is -1.93. The third kappa shape index (κ3) is 27.9. The topological polar surface area (TPSA) is 37.3 Å². The molecule has 2 nitrogen and oxygen atoms in total. The van der Waals surface area contributed by atoms with Crippen LogP contribution in [0.15, 0.2) is 72.9 Å². The molecule has 0 saturated carbocycles. The van der Waals surface area contributed by atoms with Crippen LogP contribution < -0.4 is 0 Å². The first kappa shape index (κ1) is 29.9. The van der Waals surface area contributed by atoms with Crippen molar-refractivity contribution in [2.24, 2.45) is 0 Å². The molecule has 0 aliphatic heterocycles. The second-order valence-electron chi connectivity index (χ2n) is 8.18. The van der Waals surface area contributed by atoms with Crippen molar-refractivity contribution in [2.45, 2.75) is 110 Å². The second kappa shape index (κ2) is 26.9. The van der Waals surface area contributed by atoms with Gasteiger partial charge in [0.1, 0.15) is 0 Å². The maximum atomic E-state index is 10.4. The summed E-state index contributed by atoms with van der Waals surface area (Å²) < 4.78 is 0.